The molecular formula is C20H22N2O2. The molecule has 1 fully saturated rings. The van der Waals surface area contributed by atoms with Crippen LogP contribution in [-0.2, 0) is 22.7 Å². The van der Waals surface area contributed by atoms with Gasteiger partial charge in [0.05, 0.1) is 0 Å². The molecule has 2 amide bonds. The van der Waals surface area contributed by atoms with Gasteiger partial charge in [-0.05, 0) is 25.0 Å². The maximum absolute atomic E-state index is 12.7. The van der Waals surface area contributed by atoms with E-state index in [1.165, 1.54) is 0 Å². The molecule has 2 aromatic rings. The largest absolute Gasteiger partial charge is 0.327 e. The van der Waals surface area contributed by atoms with Crippen LogP contribution in [0.1, 0.15) is 23.6 Å². The van der Waals surface area contributed by atoms with Crippen molar-refractivity contribution in [1.29, 1.82) is 0 Å². The summed E-state index contributed by atoms with van der Waals surface area (Å²) in [5.74, 6) is 0.00523. The van der Waals surface area contributed by atoms with Crippen molar-refractivity contribution in [3.8, 4) is 0 Å². The van der Waals surface area contributed by atoms with Gasteiger partial charge in [-0.2, -0.15) is 0 Å². The third kappa shape index (κ3) is 3.48. The van der Waals surface area contributed by atoms with E-state index < -0.39 is 6.04 Å². The Morgan fingerprint density at radius 1 is 0.958 bits per heavy atom. The van der Waals surface area contributed by atoms with Crippen LogP contribution in [0, 0.1) is 6.92 Å². The van der Waals surface area contributed by atoms with Crippen molar-refractivity contribution in [3.63, 3.8) is 0 Å². The first-order valence-electron chi connectivity index (χ1n) is 8.22. The normalized spacial score (nSPS) is 18.2. The molecule has 1 atom stereocenters. The maximum atomic E-state index is 12.7. The van der Waals surface area contributed by atoms with Crippen molar-refractivity contribution in [2.24, 2.45) is 0 Å². The third-order valence-electron chi connectivity index (χ3n) is 4.43. The summed E-state index contributed by atoms with van der Waals surface area (Å²) < 4.78 is 0. The van der Waals surface area contributed by atoms with Gasteiger partial charge in [0, 0.05) is 13.1 Å². The molecule has 0 radical (unpaired) electrons. The molecule has 0 spiro atoms. The molecule has 4 heteroatoms. The van der Waals surface area contributed by atoms with E-state index in [4.69, 9.17) is 0 Å². The molecule has 0 bridgehead atoms. The average Bonchev–Trinajstić information content (AvgIpc) is 2.57. The number of aryl methyl sites for hydroxylation is 1. The topological polar surface area (TPSA) is 40.6 Å². The average molecular weight is 322 g/mol. The molecule has 1 aliphatic rings. The van der Waals surface area contributed by atoms with Gasteiger partial charge in [0.15, 0.2) is 0 Å². The second-order valence-corrected chi connectivity index (χ2v) is 6.37. The summed E-state index contributed by atoms with van der Waals surface area (Å²) in [4.78, 5) is 28.6. The first kappa shape index (κ1) is 16.2. The smallest absolute Gasteiger partial charge is 0.245 e. The first-order valence-corrected chi connectivity index (χ1v) is 8.22. The van der Waals surface area contributed by atoms with Gasteiger partial charge in [0.25, 0.3) is 0 Å². The fourth-order valence-electron chi connectivity index (χ4n) is 3.12. The minimum atomic E-state index is -0.435. The Morgan fingerprint density at radius 3 is 2.38 bits per heavy atom. The highest BCUT2D eigenvalue weighted by atomic mass is 16.2. The van der Waals surface area contributed by atoms with Gasteiger partial charge in [-0.1, -0.05) is 60.2 Å². The molecule has 124 valence electrons. The second kappa shape index (κ2) is 6.87. The molecule has 2 aromatic carbocycles. The standard InChI is InChI=1S/C20H22N2O2/c1-15-7-6-10-18(11-15)13-22-16(2)20(24)21(14-19(22)23)12-17-8-4-3-5-9-17/h3-11,16H,12-14H2,1-2H3/t16-/m0/s1. The number of carbonyl (C=O) groups excluding carboxylic acids is 2. The zero-order chi connectivity index (χ0) is 17.1. The van der Waals surface area contributed by atoms with Crippen molar-refractivity contribution in [3.05, 3.63) is 71.3 Å². The maximum Gasteiger partial charge on any atom is 0.245 e. The number of hydrogen-bond donors (Lipinski definition) is 0. The minimum absolute atomic E-state index is 0.000428. The Morgan fingerprint density at radius 2 is 1.67 bits per heavy atom. The highest BCUT2D eigenvalue weighted by Gasteiger charge is 2.36. The number of benzene rings is 2. The lowest BCUT2D eigenvalue weighted by Gasteiger charge is -2.39. The number of rotatable bonds is 4. The lowest BCUT2D eigenvalue weighted by atomic mass is 10.1. The van der Waals surface area contributed by atoms with Gasteiger partial charge in [-0.25, -0.2) is 0 Å². The first-order chi connectivity index (χ1) is 11.5. The number of hydrogen-bond acceptors (Lipinski definition) is 2. The van der Waals surface area contributed by atoms with Crippen molar-refractivity contribution >= 4 is 11.8 Å². The minimum Gasteiger partial charge on any atom is -0.327 e. The zero-order valence-corrected chi connectivity index (χ0v) is 14.1. The molecule has 0 saturated carbocycles. The zero-order valence-electron chi connectivity index (χ0n) is 14.1. The Hall–Kier alpha value is -2.62. The van der Waals surface area contributed by atoms with Gasteiger partial charge in [0.1, 0.15) is 12.6 Å². The van der Waals surface area contributed by atoms with Gasteiger partial charge in [-0.3, -0.25) is 9.59 Å². The van der Waals surface area contributed by atoms with E-state index in [-0.39, 0.29) is 18.4 Å². The predicted octanol–water partition coefficient (Wildman–Crippen LogP) is 2.75. The summed E-state index contributed by atoms with van der Waals surface area (Å²) in [7, 11) is 0. The molecule has 1 aliphatic heterocycles. The molecule has 0 aliphatic carbocycles. The van der Waals surface area contributed by atoms with Crippen LogP contribution in [-0.4, -0.2) is 34.2 Å². The Balaban J connectivity index is 1.72. The predicted molar refractivity (Wildman–Crippen MR) is 93.1 cm³/mol. The molecular weight excluding hydrogens is 300 g/mol. The van der Waals surface area contributed by atoms with E-state index in [9.17, 15) is 9.59 Å². The SMILES string of the molecule is Cc1cccc(CN2C(=O)CN(Cc3ccccc3)C(=O)[C@@H]2C)c1. The summed E-state index contributed by atoms with van der Waals surface area (Å²) in [6.45, 7) is 4.94. The van der Waals surface area contributed by atoms with Crippen LogP contribution in [0.5, 0.6) is 0 Å². The Kier molecular flexibility index (Phi) is 4.65. The van der Waals surface area contributed by atoms with E-state index in [0.717, 1.165) is 16.7 Å². The van der Waals surface area contributed by atoms with Gasteiger partial charge >= 0.3 is 0 Å². The van der Waals surface area contributed by atoms with E-state index in [2.05, 4.69) is 6.07 Å². The molecule has 4 nitrogen and oxygen atoms in total. The van der Waals surface area contributed by atoms with Crippen LogP contribution >= 0.6 is 0 Å². The molecule has 1 heterocycles. The highest BCUT2D eigenvalue weighted by Crippen LogP contribution is 2.18. The fourth-order valence-corrected chi connectivity index (χ4v) is 3.12. The molecule has 0 aromatic heterocycles. The molecule has 0 unspecified atom stereocenters. The van der Waals surface area contributed by atoms with E-state index in [1.807, 2.05) is 62.4 Å². The summed E-state index contributed by atoms with van der Waals surface area (Å²) in [6.07, 6.45) is 0. The molecule has 0 N–H and O–H groups in total. The van der Waals surface area contributed by atoms with Crippen molar-refractivity contribution in [1.82, 2.24) is 9.80 Å². The number of piperazine rings is 1. The van der Waals surface area contributed by atoms with E-state index >= 15 is 0 Å². The van der Waals surface area contributed by atoms with Crippen LogP contribution < -0.4 is 0 Å². The van der Waals surface area contributed by atoms with Gasteiger partial charge < -0.3 is 9.80 Å². The number of amides is 2. The van der Waals surface area contributed by atoms with Crippen LogP contribution in [0.15, 0.2) is 54.6 Å². The number of carbonyl (C=O) groups is 2. The van der Waals surface area contributed by atoms with Crippen LogP contribution in [0.4, 0.5) is 0 Å². The van der Waals surface area contributed by atoms with Gasteiger partial charge in [0.2, 0.25) is 11.8 Å². The Bertz CT molecular complexity index is 742. The quantitative estimate of drug-likeness (QED) is 0.868. The fraction of sp³-hybridized carbons (Fsp3) is 0.300. The van der Waals surface area contributed by atoms with Crippen LogP contribution in [0.2, 0.25) is 0 Å². The second-order valence-electron chi connectivity index (χ2n) is 6.37. The molecule has 1 saturated heterocycles. The summed E-state index contributed by atoms with van der Waals surface area (Å²) in [5.41, 5.74) is 3.25. The molecule has 3 rings (SSSR count). The lowest BCUT2D eigenvalue weighted by Crippen LogP contribution is -2.57. The van der Waals surface area contributed by atoms with E-state index in [0.29, 0.717) is 13.1 Å². The lowest BCUT2D eigenvalue weighted by molar-refractivity contribution is -0.156. The Labute approximate surface area is 142 Å². The van der Waals surface area contributed by atoms with Crippen molar-refractivity contribution in [2.75, 3.05) is 6.54 Å². The van der Waals surface area contributed by atoms with Crippen LogP contribution in [0.25, 0.3) is 0 Å². The monoisotopic (exact) mass is 322 g/mol. The highest BCUT2D eigenvalue weighted by molar-refractivity contribution is 5.94. The van der Waals surface area contributed by atoms with Crippen molar-refractivity contribution < 1.29 is 9.59 Å². The van der Waals surface area contributed by atoms with E-state index in [1.54, 1.807) is 9.80 Å². The molecule has 24 heavy (non-hydrogen) atoms. The summed E-state index contributed by atoms with van der Waals surface area (Å²) in [6, 6.07) is 17.4. The summed E-state index contributed by atoms with van der Waals surface area (Å²) >= 11 is 0. The van der Waals surface area contributed by atoms with Crippen LogP contribution in [0.3, 0.4) is 0 Å². The van der Waals surface area contributed by atoms with Crippen molar-refractivity contribution in [2.45, 2.75) is 33.0 Å². The van der Waals surface area contributed by atoms with Gasteiger partial charge in [-0.15, -0.1) is 0 Å². The summed E-state index contributed by atoms with van der Waals surface area (Å²) in [5, 5.41) is 0. The third-order valence-corrected chi connectivity index (χ3v) is 4.43. The number of nitrogens with zero attached hydrogens (tertiary/aromatic N) is 2.